The van der Waals surface area contributed by atoms with Crippen LogP contribution in [-0.2, 0) is 11.2 Å². The van der Waals surface area contributed by atoms with Crippen molar-refractivity contribution in [1.29, 1.82) is 0 Å². The highest BCUT2D eigenvalue weighted by Crippen LogP contribution is 2.34. The molecule has 3 rings (SSSR count). The molecule has 1 saturated heterocycles. The van der Waals surface area contributed by atoms with Gasteiger partial charge in [-0.2, -0.15) is 0 Å². The fourth-order valence-electron chi connectivity index (χ4n) is 2.57. The molecular weight excluding hydrogens is 384 g/mol. The average molecular weight is 422 g/mol. The standard InChI is InChI=1S/C21H25ClO6/c1-2-27-15-6-3-12(4-7-15)9-14-10-13(5-8-16(14)22)21-20(26)19(25)18(24)17(11-23)28-21/h3-8,10,17-21,23-26H,2,9,11H2,1H3/t17-,18-,19+,20-,21+/m1/s1/i1D3,2D2,3D,4D,6D,7D,17D,18D,19D,20D. The van der Waals surface area contributed by atoms with Crippen LogP contribution < -0.4 is 4.74 Å². The van der Waals surface area contributed by atoms with Crippen molar-refractivity contribution in [2.24, 2.45) is 0 Å². The fraction of sp³-hybridized carbons (Fsp3) is 0.429. The molecule has 152 valence electrons. The molecule has 1 heterocycles. The van der Waals surface area contributed by atoms with Crippen molar-refractivity contribution in [3.8, 4) is 5.75 Å². The van der Waals surface area contributed by atoms with Crippen LogP contribution in [0.3, 0.4) is 0 Å². The Morgan fingerprint density at radius 2 is 1.96 bits per heavy atom. The van der Waals surface area contributed by atoms with Gasteiger partial charge < -0.3 is 29.9 Å². The molecule has 28 heavy (non-hydrogen) atoms. The van der Waals surface area contributed by atoms with Gasteiger partial charge in [0.05, 0.1) is 26.9 Å². The van der Waals surface area contributed by atoms with E-state index in [0.717, 1.165) is 12.1 Å². The molecule has 0 aromatic heterocycles. The van der Waals surface area contributed by atoms with Gasteiger partial charge >= 0.3 is 0 Å². The monoisotopic (exact) mass is 421 g/mol. The second-order valence-corrected chi connectivity index (χ2v) is 6.11. The molecule has 2 aromatic carbocycles. The number of hydrogen-bond donors (Lipinski definition) is 4. The van der Waals surface area contributed by atoms with Gasteiger partial charge in [0.2, 0.25) is 0 Å². The van der Waals surface area contributed by atoms with Gasteiger partial charge in [0.15, 0.2) is 0 Å². The lowest BCUT2D eigenvalue weighted by Gasteiger charge is -2.40. The molecule has 0 amide bonds. The predicted molar refractivity (Wildman–Crippen MR) is 105 cm³/mol. The van der Waals surface area contributed by atoms with E-state index in [0.29, 0.717) is 0 Å². The molecule has 0 unspecified atom stereocenters. The molecule has 2 aromatic rings. The topological polar surface area (TPSA) is 99.4 Å². The van der Waals surface area contributed by atoms with Crippen molar-refractivity contribution in [3.63, 3.8) is 0 Å². The van der Waals surface area contributed by atoms with Crippen molar-refractivity contribution in [2.45, 2.75) is 43.7 Å². The van der Waals surface area contributed by atoms with E-state index in [2.05, 4.69) is 0 Å². The van der Waals surface area contributed by atoms with Gasteiger partial charge in [0.25, 0.3) is 0 Å². The van der Waals surface area contributed by atoms with Crippen molar-refractivity contribution in [1.82, 2.24) is 0 Å². The van der Waals surface area contributed by atoms with Gasteiger partial charge in [-0.25, -0.2) is 0 Å². The maximum Gasteiger partial charge on any atom is 0.119 e. The van der Waals surface area contributed by atoms with E-state index in [1.54, 1.807) is 0 Å². The van der Waals surface area contributed by atoms with Crippen LogP contribution in [0.5, 0.6) is 5.75 Å². The zero-order valence-electron chi connectivity index (χ0n) is 27.2. The minimum atomic E-state index is -3.80. The van der Waals surface area contributed by atoms with E-state index in [1.165, 1.54) is 6.07 Å². The Morgan fingerprint density at radius 1 is 1.21 bits per heavy atom. The van der Waals surface area contributed by atoms with Crippen LogP contribution in [-0.4, -0.2) is 57.9 Å². The first-order chi connectivity index (χ1) is 18.4. The second kappa shape index (κ2) is 9.22. The van der Waals surface area contributed by atoms with Gasteiger partial charge in [-0.1, -0.05) is 35.8 Å². The number of benzene rings is 2. The fourth-order valence-corrected chi connectivity index (χ4v) is 2.75. The molecule has 1 aliphatic heterocycles. The van der Waals surface area contributed by atoms with Gasteiger partial charge in [-0.05, 0) is 48.1 Å². The first-order valence-corrected chi connectivity index (χ1v) is 8.28. The highest BCUT2D eigenvalue weighted by Gasteiger charge is 2.43. The van der Waals surface area contributed by atoms with Crippen LogP contribution in [0.15, 0.2) is 42.4 Å². The zero-order chi connectivity index (χ0) is 31.7. The number of rotatable bonds is 6. The Balaban J connectivity index is 2.10. The molecule has 1 aliphatic rings. The minimum absolute atomic E-state index is 0.00987. The van der Waals surface area contributed by atoms with Crippen LogP contribution in [0.1, 0.15) is 47.5 Å². The zero-order valence-corrected chi connectivity index (χ0v) is 15.0. The maximum absolute atomic E-state index is 10.7. The molecule has 4 N–H and O–H groups in total. The smallest absolute Gasteiger partial charge is 0.119 e. The molecule has 1 fully saturated rings. The summed E-state index contributed by atoms with van der Waals surface area (Å²) in [6.45, 7) is -8.11. The number of hydrogen-bond acceptors (Lipinski definition) is 6. The van der Waals surface area contributed by atoms with Gasteiger partial charge in [0.1, 0.15) is 36.2 Å². The normalized spacial score (nSPS) is 45.8. The molecule has 0 spiro atoms. The summed E-state index contributed by atoms with van der Waals surface area (Å²) < 4.78 is 112. The molecule has 5 atom stereocenters. The number of aliphatic hydroxyl groups is 4. The van der Waals surface area contributed by atoms with Crippen molar-refractivity contribution >= 4 is 11.6 Å². The number of aliphatic hydroxyl groups excluding tert-OH is 1. The van der Waals surface area contributed by atoms with Crippen LogP contribution in [0.2, 0.25) is 5.02 Å². The summed E-state index contributed by atoms with van der Waals surface area (Å²) in [7, 11) is 0. The number of ether oxygens (including phenoxy) is 2. The molecule has 0 aliphatic carbocycles. The summed E-state index contributed by atoms with van der Waals surface area (Å²) in [6, 6.07) is 0.168. The lowest BCUT2D eigenvalue weighted by atomic mass is 9.90. The first-order valence-electron chi connectivity index (χ1n) is 14.4. The maximum atomic E-state index is 10.7. The van der Waals surface area contributed by atoms with Gasteiger partial charge in [-0.3, -0.25) is 0 Å². The Morgan fingerprint density at radius 3 is 2.64 bits per heavy atom. The van der Waals surface area contributed by atoms with Crippen LogP contribution in [0.25, 0.3) is 0 Å². The lowest BCUT2D eigenvalue weighted by molar-refractivity contribution is -0.231. The third-order valence-electron chi connectivity index (χ3n) is 3.93. The molecule has 7 heteroatoms. The van der Waals surface area contributed by atoms with Crippen LogP contribution in [0.4, 0.5) is 0 Å². The molecule has 6 nitrogen and oxygen atoms in total. The number of halogens is 1. The summed E-state index contributed by atoms with van der Waals surface area (Å²) in [5.74, 6) is -0.951. The van der Waals surface area contributed by atoms with E-state index in [9.17, 15) is 20.4 Å². The summed E-state index contributed by atoms with van der Waals surface area (Å²) in [5.41, 5.74) is -0.556. The first kappa shape index (κ1) is 9.89. The molecule has 0 bridgehead atoms. The average Bonchev–Trinajstić information content (AvgIpc) is 2.85. The summed E-state index contributed by atoms with van der Waals surface area (Å²) >= 11 is 6.26. The predicted octanol–water partition coefficient (Wildman–Crippen LogP) is 1.84. The van der Waals surface area contributed by atoms with E-state index >= 15 is 0 Å². The van der Waals surface area contributed by atoms with E-state index in [1.807, 2.05) is 0 Å². The van der Waals surface area contributed by atoms with Crippen molar-refractivity contribution in [3.05, 3.63) is 64.1 Å². The third kappa shape index (κ3) is 4.49. The Hall–Kier alpha value is -1.67. The summed E-state index contributed by atoms with van der Waals surface area (Å²) in [5, 5.41) is 41.0. The lowest BCUT2D eigenvalue weighted by Crippen LogP contribution is -2.55. The SMILES string of the molecule is [2H]c1c([2H])c(OC([2H])([2H])C([2H])([2H])[2H])c([2H])c([2H])c1Cc1cc([C@@H]2O[C@]([2H])(CO)[C@@]([2H])(O)[C@]([2H])(O)[C@@]2([2H])O)ccc1Cl. The quantitative estimate of drug-likeness (QED) is 0.568. The largest absolute Gasteiger partial charge is 0.494 e. The highest BCUT2D eigenvalue weighted by atomic mass is 35.5. The summed E-state index contributed by atoms with van der Waals surface area (Å²) in [4.78, 5) is 0. The second-order valence-electron chi connectivity index (χ2n) is 5.70. The molecular formula is C21H25ClO6. The van der Waals surface area contributed by atoms with Crippen LogP contribution in [0, 0.1) is 0 Å². The van der Waals surface area contributed by atoms with E-state index in [-0.39, 0.29) is 21.7 Å². The van der Waals surface area contributed by atoms with E-state index < -0.39 is 86.8 Å². The van der Waals surface area contributed by atoms with Crippen LogP contribution >= 0.6 is 11.6 Å². The minimum Gasteiger partial charge on any atom is -0.494 e. The Labute approximate surface area is 187 Å². The third-order valence-corrected chi connectivity index (χ3v) is 4.30. The molecule has 0 radical (unpaired) electrons. The van der Waals surface area contributed by atoms with Gasteiger partial charge in [-0.15, -0.1) is 0 Å². The Bertz CT molecular complexity index is 1320. The summed E-state index contributed by atoms with van der Waals surface area (Å²) in [6.07, 6.45) is -16.7. The van der Waals surface area contributed by atoms with Gasteiger partial charge in [0, 0.05) is 9.13 Å². The highest BCUT2D eigenvalue weighted by molar-refractivity contribution is 6.31. The van der Waals surface area contributed by atoms with Crippen molar-refractivity contribution in [2.75, 3.05) is 13.2 Å². The molecule has 0 saturated carbocycles. The van der Waals surface area contributed by atoms with E-state index in [4.69, 9.17) is 38.9 Å². The van der Waals surface area contributed by atoms with Crippen molar-refractivity contribution < 1.29 is 47.7 Å². The Kier molecular flexibility index (Phi) is 3.26.